The third-order valence-corrected chi connectivity index (χ3v) is 6.33. The summed E-state index contributed by atoms with van der Waals surface area (Å²) in [6.45, 7) is 6.23. The van der Waals surface area contributed by atoms with Gasteiger partial charge in [-0.25, -0.2) is 0 Å². The second-order valence-corrected chi connectivity index (χ2v) is 8.39. The van der Waals surface area contributed by atoms with Crippen molar-refractivity contribution >= 4 is 22.9 Å². The predicted octanol–water partition coefficient (Wildman–Crippen LogP) is 3.66. The van der Waals surface area contributed by atoms with Crippen LogP contribution in [0.25, 0.3) is 11.3 Å². The van der Waals surface area contributed by atoms with Crippen molar-refractivity contribution < 1.29 is 9.53 Å². The van der Waals surface area contributed by atoms with E-state index in [0.717, 1.165) is 42.9 Å². The van der Waals surface area contributed by atoms with Crippen molar-refractivity contribution in [3.8, 4) is 0 Å². The lowest BCUT2D eigenvalue weighted by Crippen LogP contribution is -2.36. The Hall–Kier alpha value is -2.63. The van der Waals surface area contributed by atoms with E-state index in [2.05, 4.69) is 33.7 Å². The van der Waals surface area contributed by atoms with Gasteiger partial charge in [0.1, 0.15) is 12.4 Å². The summed E-state index contributed by atoms with van der Waals surface area (Å²) in [6, 6.07) is 14.3. The number of rotatable bonds is 6. The van der Waals surface area contributed by atoms with Gasteiger partial charge in [0, 0.05) is 35.5 Å². The van der Waals surface area contributed by atoms with Crippen molar-refractivity contribution in [3.63, 3.8) is 0 Å². The van der Waals surface area contributed by atoms with Gasteiger partial charge in [0.05, 0.1) is 5.57 Å². The van der Waals surface area contributed by atoms with Gasteiger partial charge in [0.2, 0.25) is 0 Å². The number of carbonyl (C=O) groups excluding carboxylic acids is 1. The third-order valence-electron chi connectivity index (χ3n) is 6.33. The number of hydrogen-bond acceptors (Lipinski definition) is 4. The molecule has 3 aliphatic rings. The molecule has 0 unspecified atom stereocenters. The van der Waals surface area contributed by atoms with Crippen LogP contribution in [-0.4, -0.2) is 43.5 Å². The molecule has 156 valence electrons. The molecule has 0 atom stereocenters. The lowest BCUT2D eigenvalue weighted by molar-refractivity contribution is -0.110. The summed E-state index contributed by atoms with van der Waals surface area (Å²) >= 11 is 0. The molecular formula is C25H29N3O2. The lowest BCUT2D eigenvalue weighted by atomic mass is 9.98. The molecule has 5 rings (SSSR count). The van der Waals surface area contributed by atoms with Gasteiger partial charge < -0.3 is 20.3 Å². The molecule has 5 nitrogen and oxygen atoms in total. The van der Waals surface area contributed by atoms with Gasteiger partial charge in [-0.15, -0.1) is 0 Å². The number of piperidine rings is 1. The molecule has 0 aliphatic carbocycles. The molecule has 0 radical (unpaired) electrons. The minimum absolute atomic E-state index is 0.0824. The highest BCUT2D eigenvalue weighted by Gasteiger charge is 2.32. The van der Waals surface area contributed by atoms with Crippen molar-refractivity contribution in [2.24, 2.45) is 0 Å². The Morgan fingerprint density at radius 3 is 2.77 bits per heavy atom. The van der Waals surface area contributed by atoms with E-state index in [4.69, 9.17) is 4.74 Å². The number of amides is 1. The van der Waals surface area contributed by atoms with Crippen molar-refractivity contribution in [2.75, 3.05) is 38.0 Å². The maximum atomic E-state index is 12.6. The van der Waals surface area contributed by atoms with Crippen LogP contribution >= 0.6 is 0 Å². The van der Waals surface area contributed by atoms with Gasteiger partial charge in [0.25, 0.3) is 5.91 Å². The van der Waals surface area contributed by atoms with Gasteiger partial charge >= 0.3 is 0 Å². The fourth-order valence-electron chi connectivity index (χ4n) is 4.70. The number of nitrogens with zero attached hydrogens (tertiary/aromatic N) is 1. The molecule has 30 heavy (non-hydrogen) atoms. The first-order valence-electron chi connectivity index (χ1n) is 11.1. The average molecular weight is 404 g/mol. The molecule has 0 aromatic heterocycles. The molecule has 2 aromatic carbocycles. The zero-order chi connectivity index (χ0) is 20.3. The smallest absolute Gasteiger partial charge is 0.260 e. The second kappa shape index (κ2) is 8.62. The molecule has 1 fully saturated rings. The molecule has 0 saturated carbocycles. The number of hydrogen-bond donors (Lipinski definition) is 2. The summed E-state index contributed by atoms with van der Waals surface area (Å²) < 4.78 is 6.00. The number of ether oxygens (including phenoxy) is 1. The summed E-state index contributed by atoms with van der Waals surface area (Å²) in [4.78, 5) is 15.1. The van der Waals surface area contributed by atoms with E-state index in [1.165, 1.54) is 43.5 Å². The molecule has 3 aliphatic heterocycles. The van der Waals surface area contributed by atoms with E-state index < -0.39 is 0 Å². The number of nitrogens with one attached hydrogen (secondary N) is 2. The van der Waals surface area contributed by atoms with Gasteiger partial charge in [-0.05, 0) is 50.5 Å². The van der Waals surface area contributed by atoms with Crippen LogP contribution in [0.1, 0.15) is 41.5 Å². The maximum absolute atomic E-state index is 12.6. The highest BCUT2D eigenvalue weighted by Crippen LogP contribution is 2.41. The van der Waals surface area contributed by atoms with E-state index >= 15 is 0 Å². The van der Waals surface area contributed by atoms with Crippen LogP contribution in [0, 0.1) is 0 Å². The number of para-hydroxylation sites is 1. The first-order valence-corrected chi connectivity index (χ1v) is 11.1. The molecule has 2 aromatic rings. The first-order chi connectivity index (χ1) is 14.8. The van der Waals surface area contributed by atoms with Gasteiger partial charge in [-0.1, -0.05) is 42.8 Å². The minimum Gasteiger partial charge on any atom is -0.487 e. The van der Waals surface area contributed by atoms with Gasteiger partial charge in [-0.2, -0.15) is 0 Å². The number of likely N-dealkylation sites (tertiary alicyclic amines) is 1. The van der Waals surface area contributed by atoms with Gasteiger partial charge in [-0.3, -0.25) is 4.79 Å². The fraction of sp³-hybridized carbons (Fsp3) is 0.400. The largest absolute Gasteiger partial charge is 0.487 e. The van der Waals surface area contributed by atoms with Crippen molar-refractivity contribution in [2.45, 2.75) is 32.3 Å². The Morgan fingerprint density at radius 1 is 1.00 bits per heavy atom. The van der Waals surface area contributed by atoms with Crippen LogP contribution in [0.2, 0.25) is 0 Å². The SMILES string of the molecule is O=C1Nc2ccccc2C1=C1OCc2cc(CCNCCN3CCCCC3)ccc21. The van der Waals surface area contributed by atoms with Crippen LogP contribution in [0.3, 0.4) is 0 Å². The summed E-state index contributed by atoms with van der Waals surface area (Å²) in [5, 5.41) is 6.53. The summed E-state index contributed by atoms with van der Waals surface area (Å²) in [5.41, 5.74) is 5.95. The third kappa shape index (κ3) is 3.87. The van der Waals surface area contributed by atoms with E-state index in [0.29, 0.717) is 17.9 Å². The highest BCUT2D eigenvalue weighted by molar-refractivity contribution is 6.36. The quantitative estimate of drug-likeness (QED) is 0.571. The summed E-state index contributed by atoms with van der Waals surface area (Å²) in [6.07, 6.45) is 5.09. The molecule has 0 bridgehead atoms. The van der Waals surface area contributed by atoms with E-state index in [1.807, 2.05) is 24.3 Å². The molecular weight excluding hydrogens is 374 g/mol. The topological polar surface area (TPSA) is 53.6 Å². The van der Waals surface area contributed by atoms with E-state index in [-0.39, 0.29) is 5.91 Å². The normalized spacial score (nSPS) is 20.6. The zero-order valence-corrected chi connectivity index (χ0v) is 17.4. The second-order valence-electron chi connectivity index (χ2n) is 8.39. The van der Waals surface area contributed by atoms with Crippen LogP contribution in [0.5, 0.6) is 0 Å². The summed E-state index contributed by atoms with van der Waals surface area (Å²) in [5.74, 6) is 0.625. The zero-order valence-electron chi connectivity index (χ0n) is 17.4. The monoisotopic (exact) mass is 403 g/mol. The Bertz CT molecular complexity index is 976. The number of fused-ring (bicyclic) bond motifs is 2. The minimum atomic E-state index is -0.0824. The Kier molecular flexibility index (Phi) is 5.56. The standard InChI is InChI=1S/C25H29N3O2/c29-25-23(21-6-2-3-7-22(21)27-25)24-20-9-8-18(16-19(20)17-30-24)10-11-26-12-15-28-13-4-1-5-14-28/h2-3,6-9,16,26H,1,4-5,10-15,17H2,(H,27,29). The van der Waals surface area contributed by atoms with Crippen molar-refractivity contribution in [3.05, 3.63) is 64.7 Å². The van der Waals surface area contributed by atoms with Gasteiger partial charge in [0.15, 0.2) is 0 Å². The lowest BCUT2D eigenvalue weighted by Gasteiger charge is -2.26. The predicted molar refractivity (Wildman–Crippen MR) is 120 cm³/mol. The Balaban J connectivity index is 1.22. The van der Waals surface area contributed by atoms with Crippen molar-refractivity contribution in [1.29, 1.82) is 0 Å². The number of anilines is 1. The number of carbonyl (C=O) groups is 1. The molecule has 2 N–H and O–H groups in total. The Labute approximate surface area is 178 Å². The van der Waals surface area contributed by atoms with E-state index in [9.17, 15) is 4.79 Å². The van der Waals surface area contributed by atoms with Crippen LogP contribution in [-0.2, 0) is 22.6 Å². The van der Waals surface area contributed by atoms with Crippen molar-refractivity contribution in [1.82, 2.24) is 10.2 Å². The molecule has 5 heteroatoms. The average Bonchev–Trinajstić information content (AvgIpc) is 3.33. The van der Waals surface area contributed by atoms with Crippen LogP contribution in [0.15, 0.2) is 42.5 Å². The van der Waals surface area contributed by atoms with Crippen LogP contribution in [0.4, 0.5) is 5.69 Å². The first kappa shape index (κ1) is 19.3. The Morgan fingerprint density at radius 2 is 1.87 bits per heavy atom. The molecule has 1 saturated heterocycles. The molecule has 1 amide bonds. The summed E-state index contributed by atoms with van der Waals surface area (Å²) in [7, 11) is 0. The molecule has 0 spiro atoms. The fourth-order valence-corrected chi connectivity index (χ4v) is 4.70. The van der Waals surface area contributed by atoms with E-state index in [1.54, 1.807) is 0 Å². The highest BCUT2D eigenvalue weighted by atomic mass is 16.5. The maximum Gasteiger partial charge on any atom is 0.260 e. The number of benzene rings is 2. The van der Waals surface area contributed by atoms with Crippen LogP contribution < -0.4 is 10.6 Å². The molecule has 3 heterocycles.